The second-order valence-electron chi connectivity index (χ2n) is 5.17. The second kappa shape index (κ2) is 9.68. The van der Waals surface area contributed by atoms with E-state index in [2.05, 4.69) is 19.2 Å². The quantitative estimate of drug-likeness (QED) is 0.568. The summed E-state index contributed by atoms with van der Waals surface area (Å²) in [5.41, 5.74) is -0.715. The van der Waals surface area contributed by atoms with Gasteiger partial charge < -0.3 is 10.4 Å². The van der Waals surface area contributed by atoms with Crippen LogP contribution in [0.3, 0.4) is 0 Å². The Morgan fingerprint density at radius 1 is 1.33 bits per heavy atom. The van der Waals surface area contributed by atoms with Gasteiger partial charge in [0.15, 0.2) is 0 Å². The van der Waals surface area contributed by atoms with Crippen LogP contribution in [0, 0.1) is 5.92 Å². The molecule has 0 saturated carbocycles. The Hall–Kier alpha value is -0.220. The van der Waals surface area contributed by atoms with Gasteiger partial charge in [0, 0.05) is 0 Å². The third-order valence-corrected chi connectivity index (χ3v) is 4.36. The van der Waals surface area contributed by atoms with Crippen LogP contribution in [-0.2, 0) is 4.79 Å². The van der Waals surface area contributed by atoms with E-state index in [1.165, 1.54) is 12.2 Å². The summed E-state index contributed by atoms with van der Waals surface area (Å²) in [5.74, 6) is 2.30. The smallest absolute Gasteiger partial charge is 0.323 e. The normalized spacial score (nSPS) is 14.7. The fraction of sp³-hybridized carbons (Fsp3) is 0.929. The van der Waals surface area contributed by atoms with Gasteiger partial charge in [0.1, 0.15) is 5.54 Å². The molecule has 0 saturated heterocycles. The van der Waals surface area contributed by atoms with Crippen molar-refractivity contribution in [1.82, 2.24) is 5.32 Å². The third kappa shape index (κ3) is 6.64. The number of nitrogens with one attached hydrogen (secondary N) is 1. The minimum absolute atomic E-state index is 0.646. The largest absolute Gasteiger partial charge is 0.480 e. The molecule has 0 fully saturated rings. The molecule has 0 bridgehead atoms. The van der Waals surface area contributed by atoms with Gasteiger partial charge in [-0.1, -0.05) is 27.7 Å². The predicted molar refractivity (Wildman–Crippen MR) is 80.3 cm³/mol. The Labute approximate surface area is 116 Å². The fourth-order valence-electron chi connectivity index (χ4n) is 1.96. The van der Waals surface area contributed by atoms with E-state index in [0.717, 1.165) is 24.5 Å². The van der Waals surface area contributed by atoms with Crippen molar-refractivity contribution in [3.05, 3.63) is 0 Å². The minimum Gasteiger partial charge on any atom is -0.480 e. The summed E-state index contributed by atoms with van der Waals surface area (Å²) in [6.07, 6.45) is 3.58. The summed E-state index contributed by atoms with van der Waals surface area (Å²) in [4.78, 5) is 11.4. The summed E-state index contributed by atoms with van der Waals surface area (Å²) in [5, 5.41) is 12.5. The molecule has 0 heterocycles. The first kappa shape index (κ1) is 17.8. The molecular weight excluding hydrogens is 246 g/mol. The number of carboxylic acids is 1. The topological polar surface area (TPSA) is 49.3 Å². The van der Waals surface area contributed by atoms with Crippen LogP contribution in [0.2, 0.25) is 0 Å². The number of carboxylic acid groups (broad SMARTS) is 1. The monoisotopic (exact) mass is 275 g/mol. The van der Waals surface area contributed by atoms with Gasteiger partial charge in [-0.3, -0.25) is 4.79 Å². The maximum Gasteiger partial charge on any atom is 0.323 e. The molecule has 0 spiro atoms. The van der Waals surface area contributed by atoms with Crippen molar-refractivity contribution >= 4 is 17.7 Å². The lowest BCUT2D eigenvalue weighted by molar-refractivity contribution is -0.145. The van der Waals surface area contributed by atoms with Crippen LogP contribution >= 0.6 is 11.8 Å². The number of hydrogen-bond acceptors (Lipinski definition) is 3. The highest BCUT2D eigenvalue weighted by Gasteiger charge is 2.34. The van der Waals surface area contributed by atoms with Gasteiger partial charge in [0.25, 0.3) is 0 Å². The average molecular weight is 275 g/mol. The Kier molecular flexibility index (Phi) is 9.56. The molecule has 0 radical (unpaired) electrons. The molecule has 0 aromatic rings. The zero-order valence-electron chi connectivity index (χ0n) is 12.3. The zero-order chi connectivity index (χ0) is 14.0. The van der Waals surface area contributed by atoms with Crippen LogP contribution in [0.15, 0.2) is 0 Å². The standard InChI is InChI=1S/C14H29NO2S/c1-5-14(13(16)17,15-6-2)9-7-10-18-11-8-12(3)4/h12,15H,5-11H2,1-4H3,(H,16,17). The molecule has 0 amide bonds. The van der Waals surface area contributed by atoms with E-state index in [-0.39, 0.29) is 0 Å². The lowest BCUT2D eigenvalue weighted by Gasteiger charge is -2.29. The highest BCUT2D eigenvalue weighted by atomic mass is 32.2. The molecule has 1 unspecified atom stereocenters. The first-order valence-corrected chi connectivity index (χ1v) is 8.20. The summed E-state index contributed by atoms with van der Waals surface area (Å²) in [7, 11) is 0. The second-order valence-corrected chi connectivity index (χ2v) is 6.39. The number of carbonyl (C=O) groups is 1. The number of thioether (sulfide) groups is 1. The average Bonchev–Trinajstić information content (AvgIpc) is 2.31. The number of rotatable bonds is 11. The van der Waals surface area contributed by atoms with E-state index in [9.17, 15) is 9.90 Å². The van der Waals surface area contributed by atoms with E-state index in [4.69, 9.17) is 0 Å². The highest BCUT2D eigenvalue weighted by Crippen LogP contribution is 2.20. The molecule has 0 aromatic heterocycles. The number of hydrogen-bond donors (Lipinski definition) is 2. The lowest BCUT2D eigenvalue weighted by Crippen LogP contribution is -2.51. The van der Waals surface area contributed by atoms with E-state index in [1.54, 1.807) is 0 Å². The Morgan fingerprint density at radius 2 is 2.00 bits per heavy atom. The molecule has 18 heavy (non-hydrogen) atoms. The van der Waals surface area contributed by atoms with Crippen molar-refractivity contribution in [3.8, 4) is 0 Å². The van der Waals surface area contributed by atoms with Crippen LogP contribution in [0.1, 0.15) is 53.4 Å². The molecule has 0 rings (SSSR count). The summed E-state index contributed by atoms with van der Waals surface area (Å²) >= 11 is 1.94. The van der Waals surface area contributed by atoms with Gasteiger partial charge in [0.05, 0.1) is 0 Å². The maximum absolute atomic E-state index is 11.4. The number of aliphatic carboxylic acids is 1. The molecule has 108 valence electrons. The van der Waals surface area contributed by atoms with Gasteiger partial charge in [0.2, 0.25) is 0 Å². The predicted octanol–water partition coefficient (Wildman–Crippen LogP) is 3.39. The lowest BCUT2D eigenvalue weighted by atomic mass is 9.91. The van der Waals surface area contributed by atoms with Crippen LogP contribution < -0.4 is 5.32 Å². The maximum atomic E-state index is 11.4. The van der Waals surface area contributed by atoms with E-state index >= 15 is 0 Å². The Bertz CT molecular complexity index is 234. The van der Waals surface area contributed by atoms with Crippen molar-refractivity contribution < 1.29 is 9.90 Å². The van der Waals surface area contributed by atoms with Crippen molar-refractivity contribution in [2.45, 2.75) is 58.9 Å². The van der Waals surface area contributed by atoms with Crippen molar-refractivity contribution in [3.63, 3.8) is 0 Å². The molecule has 2 N–H and O–H groups in total. The van der Waals surface area contributed by atoms with Crippen molar-refractivity contribution in [1.29, 1.82) is 0 Å². The summed E-state index contributed by atoms with van der Waals surface area (Å²) in [6.45, 7) is 9.09. The van der Waals surface area contributed by atoms with Gasteiger partial charge >= 0.3 is 5.97 Å². The zero-order valence-corrected chi connectivity index (χ0v) is 13.1. The van der Waals surface area contributed by atoms with Gasteiger partial charge in [-0.25, -0.2) is 0 Å². The SMILES string of the molecule is CCNC(CC)(CCCSCCC(C)C)C(=O)O. The summed E-state index contributed by atoms with van der Waals surface area (Å²) < 4.78 is 0. The number of likely N-dealkylation sites (N-methyl/N-ethyl adjacent to an activating group) is 1. The van der Waals surface area contributed by atoms with E-state index in [0.29, 0.717) is 13.0 Å². The Balaban J connectivity index is 3.94. The van der Waals surface area contributed by atoms with Crippen molar-refractivity contribution in [2.24, 2.45) is 5.92 Å². The first-order chi connectivity index (χ1) is 8.48. The van der Waals surface area contributed by atoms with E-state index in [1.807, 2.05) is 25.6 Å². The highest BCUT2D eigenvalue weighted by molar-refractivity contribution is 7.99. The van der Waals surface area contributed by atoms with Gasteiger partial charge in [-0.15, -0.1) is 0 Å². The first-order valence-electron chi connectivity index (χ1n) is 7.04. The molecule has 0 aliphatic rings. The van der Waals surface area contributed by atoms with Crippen molar-refractivity contribution in [2.75, 3.05) is 18.1 Å². The van der Waals surface area contributed by atoms with Crippen LogP contribution in [0.25, 0.3) is 0 Å². The van der Waals surface area contributed by atoms with Gasteiger partial charge in [-0.2, -0.15) is 11.8 Å². The molecule has 4 heteroatoms. The Morgan fingerprint density at radius 3 is 2.44 bits per heavy atom. The van der Waals surface area contributed by atoms with Crippen LogP contribution in [0.4, 0.5) is 0 Å². The van der Waals surface area contributed by atoms with E-state index < -0.39 is 11.5 Å². The fourth-order valence-corrected chi connectivity index (χ4v) is 3.15. The van der Waals surface area contributed by atoms with Crippen LogP contribution in [-0.4, -0.2) is 34.7 Å². The molecule has 0 aliphatic carbocycles. The van der Waals surface area contributed by atoms with Gasteiger partial charge in [-0.05, 0) is 49.7 Å². The molecule has 0 aliphatic heterocycles. The third-order valence-electron chi connectivity index (χ3n) is 3.26. The molecule has 3 nitrogen and oxygen atoms in total. The minimum atomic E-state index is -0.715. The molecule has 0 aromatic carbocycles. The molecular formula is C14H29NO2S. The molecule has 1 atom stereocenters. The summed E-state index contributed by atoms with van der Waals surface area (Å²) in [6, 6.07) is 0. The van der Waals surface area contributed by atoms with Crippen LogP contribution in [0.5, 0.6) is 0 Å².